The molecule has 0 spiro atoms. The second-order valence-electron chi connectivity index (χ2n) is 9.37. The molecule has 9 nitrogen and oxygen atoms in total. The molecule has 3 aromatic carbocycles. The van der Waals surface area contributed by atoms with Gasteiger partial charge >= 0.3 is 0 Å². The highest BCUT2D eigenvalue weighted by molar-refractivity contribution is 6.35. The molecule has 0 unspecified atom stereocenters. The van der Waals surface area contributed by atoms with E-state index in [4.69, 9.17) is 11.6 Å². The number of aromatic nitrogens is 2. The van der Waals surface area contributed by atoms with E-state index >= 15 is 4.39 Å². The van der Waals surface area contributed by atoms with Gasteiger partial charge in [-0.15, -0.1) is 0 Å². The Morgan fingerprint density at radius 2 is 1.82 bits per heavy atom. The zero-order valence-corrected chi connectivity index (χ0v) is 22.3. The number of phenolic OH excluding ortho intramolecular Hbond substituents is 1. The highest BCUT2D eigenvalue weighted by Crippen LogP contribution is 2.42. The van der Waals surface area contributed by atoms with Crippen LogP contribution in [0.25, 0.3) is 32.8 Å². The molecule has 11 heteroatoms. The van der Waals surface area contributed by atoms with Gasteiger partial charge in [-0.05, 0) is 34.5 Å². The Morgan fingerprint density at radius 1 is 1.08 bits per heavy atom. The molecule has 0 aliphatic carbocycles. The molecule has 0 radical (unpaired) electrons. The smallest absolute Gasteiger partial charge is 0.225 e. The van der Waals surface area contributed by atoms with Crippen LogP contribution in [0.5, 0.6) is 5.75 Å². The lowest BCUT2D eigenvalue weighted by atomic mass is 9.96. The number of carbonyl (C=O) groups is 2. The summed E-state index contributed by atoms with van der Waals surface area (Å²) < 4.78 is 16.5. The van der Waals surface area contributed by atoms with E-state index in [1.54, 1.807) is 24.1 Å². The molecule has 1 fully saturated rings. The number of nitrogens with one attached hydrogen (secondary N) is 2. The quantitative estimate of drug-likeness (QED) is 0.330. The third kappa shape index (κ3) is 5.24. The SMILES string of the molecule is CNC(=O)CCNc1nc(N2CCN(C(C)=O)CC2)c2cc(Cl)c(-c3cc(O)cc4ccccc34)c(F)c2n1. The van der Waals surface area contributed by atoms with Gasteiger partial charge in [-0.25, -0.2) is 9.37 Å². The Labute approximate surface area is 229 Å². The average Bonchev–Trinajstić information content (AvgIpc) is 2.93. The molecule has 1 aromatic heterocycles. The molecule has 1 saturated heterocycles. The Hall–Kier alpha value is -4.18. The van der Waals surface area contributed by atoms with Gasteiger partial charge in [0.2, 0.25) is 17.8 Å². The number of hydrogen-bond acceptors (Lipinski definition) is 7. The highest BCUT2D eigenvalue weighted by Gasteiger charge is 2.26. The number of rotatable bonds is 6. The van der Waals surface area contributed by atoms with Crippen molar-refractivity contribution in [1.29, 1.82) is 0 Å². The number of phenols is 1. The van der Waals surface area contributed by atoms with Crippen molar-refractivity contribution in [2.75, 3.05) is 50.0 Å². The van der Waals surface area contributed by atoms with Crippen molar-refractivity contribution in [2.45, 2.75) is 13.3 Å². The lowest BCUT2D eigenvalue weighted by Gasteiger charge is -2.35. The second kappa shape index (κ2) is 10.9. The first-order chi connectivity index (χ1) is 18.8. The molecule has 2 heterocycles. The summed E-state index contributed by atoms with van der Waals surface area (Å²) in [5.74, 6) is -0.158. The molecule has 2 amide bonds. The third-order valence-corrected chi connectivity index (χ3v) is 7.22. The number of nitrogens with zero attached hydrogens (tertiary/aromatic N) is 4. The van der Waals surface area contributed by atoms with Gasteiger partial charge in [0.1, 0.15) is 17.1 Å². The molecule has 0 saturated carbocycles. The van der Waals surface area contributed by atoms with Gasteiger partial charge in [0.15, 0.2) is 5.82 Å². The molecule has 1 aliphatic heterocycles. The van der Waals surface area contributed by atoms with Gasteiger partial charge in [-0.1, -0.05) is 35.9 Å². The minimum atomic E-state index is -0.645. The first-order valence-electron chi connectivity index (χ1n) is 12.6. The number of anilines is 2. The summed E-state index contributed by atoms with van der Waals surface area (Å²) in [7, 11) is 1.55. The standard InChI is InChI=1S/C28H28ClFN6O3/c1-16(37)35-9-11-36(12-10-35)27-21-15-22(29)24(20-14-18(38)13-17-5-3-4-6-19(17)20)25(30)26(21)33-28(34-27)32-8-7-23(39)31-2/h3-6,13-15,38H,7-12H2,1-2H3,(H,31,39)(H,32,33,34). The predicted molar refractivity (Wildman–Crippen MR) is 151 cm³/mol. The summed E-state index contributed by atoms with van der Waals surface area (Å²) in [6.07, 6.45) is 0.189. The van der Waals surface area contributed by atoms with Crippen molar-refractivity contribution in [3.8, 4) is 16.9 Å². The summed E-state index contributed by atoms with van der Waals surface area (Å²) in [6.45, 7) is 3.80. The van der Waals surface area contributed by atoms with Crippen molar-refractivity contribution in [2.24, 2.45) is 0 Å². The summed E-state index contributed by atoms with van der Waals surface area (Å²) in [5, 5.41) is 18.0. The lowest BCUT2D eigenvalue weighted by Crippen LogP contribution is -2.48. The molecule has 0 bridgehead atoms. The molecule has 4 aromatic rings. The molecule has 1 aliphatic rings. The fourth-order valence-corrected chi connectivity index (χ4v) is 5.19. The van der Waals surface area contributed by atoms with Crippen LogP contribution in [-0.2, 0) is 9.59 Å². The Balaban J connectivity index is 1.66. The Morgan fingerprint density at radius 3 is 2.54 bits per heavy atom. The second-order valence-corrected chi connectivity index (χ2v) is 9.78. The summed E-state index contributed by atoms with van der Waals surface area (Å²) >= 11 is 6.74. The van der Waals surface area contributed by atoms with Crippen LogP contribution in [0.15, 0.2) is 42.5 Å². The van der Waals surface area contributed by atoms with Crippen molar-refractivity contribution in [3.05, 3.63) is 53.3 Å². The normalized spacial score (nSPS) is 13.6. The van der Waals surface area contributed by atoms with E-state index < -0.39 is 5.82 Å². The van der Waals surface area contributed by atoms with Crippen molar-refractivity contribution in [3.63, 3.8) is 0 Å². The van der Waals surface area contributed by atoms with Crippen molar-refractivity contribution < 1.29 is 19.1 Å². The van der Waals surface area contributed by atoms with E-state index in [1.807, 2.05) is 29.2 Å². The number of carbonyl (C=O) groups excluding carboxylic acids is 2. The number of aromatic hydroxyl groups is 1. The summed E-state index contributed by atoms with van der Waals surface area (Å²) in [6, 6.07) is 12.1. The van der Waals surface area contributed by atoms with Crippen molar-refractivity contribution >= 4 is 56.9 Å². The van der Waals surface area contributed by atoms with E-state index in [1.165, 1.54) is 13.0 Å². The van der Waals surface area contributed by atoms with Crippen LogP contribution in [0.3, 0.4) is 0 Å². The molecule has 5 rings (SSSR count). The van der Waals surface area contributed by atoms with Gasteiger partial charge in [-0.2, -0.15) is 4.98 Å². The van der Waals surface area contributed by atoms with Crippen LogP contribution >= 0.6 is 11.6 Å². The topological polar surface area (TPSA) is 111 Å². The molecule has 0 atom stereocenters. The lowest BCUT2D eigenvalue weighted by molar-refractivity contribution is -0.129. The van der Waals surface area contributed by atoms with E-state index in [9.17, 15) is 14.7 Å². The fraction of sp³-hybridized carbons (Fsp3) is 0.286. The number of benzene rings is 3. The van der Waals surface area contributed by atoms with Crippen LogP contribution in [-0.4, -0.2) is 71.6 Å². The van der Waals surface area contributed by atoms with Gasteiger partial charge < -0.3 is 25.5 Å². The van der Waals surface area contributed by atoms with Crippen LogP contribution < -0.4 is 15.5 Å². The number of halogens is 2. The van der Waals surface area contributed by atoms with E-state index in [-0.39, 0.29) is 52.6 Å². The predicted octanol–water partition coefficient (Wildman–Crippen LogP) is 4.16. The number of piperazine rings is 1. The molecule has 39 heavy (non-hydrogen) atoms. The summed E-state index contributed by atoms with van der Waals surface area (Å²) in [4.78, 5) is 36.4. The fourth-order valence-electron chi connectivity index (χ4n) is 4.89. The molecule has 3 N–H and O–H groups in total. The zero-order chi connectivity index (χ0) is 27.7. The van der Waals surface area contributed by atoms with Gasteiger partial charge in [0.05, 0.1) is 5.02 Å². The van der Waals surface area contributed by atoms with E-state index in [0.29, 0.717) is 42.9 Å². The number of hydrogen-bond donors (Lipinski definition) is 3. The Kier molecular flexibility index (Phi) is 7.38. The maximum Gasteiger partial charge on any atom is 0.225 e. The summed E-state index contributed by atoms with van der Waals surface area (Å²) in [5.41, 5.74) is 0.626. The minimum absolute atomic E-state index is 0.00387. The zero-order valence-electron chi connectivity index (χ0n) is 21.6. The van der Waals surface area contributed by atoms with Crippen LogP contribution in [0, 0.1) is 5.82 Å². The highest BCUT2D eigenvalue weighted by atomic mass is 35.5. The first-order valence-corrected chi connectivity index (χ1v) is 13.0. The third-order valence-electron chi connectivity index (χ3n) is 6.92. The van der Waals surface area contributed by atoms with Crippen LogP contribution in [0.2, 0.25) is 5.02 Å². The van der Waals surface area contributed by atoms with E-state index in [2.05, 4.69) is 20.6 Å². The maximum atomic E-state index is 16.5. The molecular weight excluding hydrogens is 523 g/mol. The Bertz CT molecular complexity index is 1590. The van der Waals surface area contributed by atoms with Gasteiger partial charge in [0.25, 0.3) is 0 Å². The first kappa shape index (κ1) is 26.4. The monoisotopic (exact) mass is 550 g/mol. The van der Waals surface area contributed by atoms with Crippen LogP contribution in [0.1, 0.15) is 13.3 Å². The van der Waals surface area contributed by atoms with Gasteiger partial charge in [-0.3, -0.25) is 9.59 Å². The van der Waals surface area contributed by atoms with Crippen molar-refractivity contribution in [1.82, 2.24) is 20.2 Å². The molecular formula is C28H28ClFN6O3. The largest absolute Gasteiger partial charge is 0.508 e. The maximum absolute atomic E-state index is 16.5. The molecule has 202 valence electrons. The van der Waals surface area contributed by atoms with Gasteiger partial charge in [0, 0.05) is 64.1 Å². The minimum Gasteiger partial charge on any atom is -0.508 e. The number of amides is 2. The average molecular weight is 551 g/mol. The van der Waals surface area contributed by atoms with Crippen LogP contribution in [0.4, 0.5) is 16.2 Å². The number of fused-ring (bicyclic) bond motifs is 2. The van der Waals surface area contributed by atoms with E-state index in [0.717, 1.165) is 10.8 Å².